The van der Waals surface area contributed by atoms with Gasteiger partial charge in [0.05, 0.1) is 10.2 Å². The zero-order valence-corrected chi connectivity index (χ0v) is 14.5. The maximum Gasteiger partial charge on any atom is 0.272 e. The summed E-state index contributed by atoms with van der Waals surface area (Å²) >= 11 is 2.62. The second kappa shape index (κ2) is 7.19. The molecule has 24 heavy (non-hydrogen) atoms. The highest BCUT2D eigenvalue weighted by atomic mass is 32.1. The van der Waals surface area contributed by atoms with Gasteiger partial charge < -0.3 is 4.57 Å². The third kappa shape index (κ3) is 3.52. The first-order valence-electron chi connectivity index (χ1n) is 7.37. The number of hydrogen-bond donors (Lipinski definition) is 0. The number of thiazole rings is 1. The molecule has 0 aliphatic rings. The fourth-order valence-electron chi connectivity index (χ4n) is 2.32. The highest BCUT2D eigenvalue weighted by molar-refractivity contribution is 7.16. The first-order valence-corrected chi connectivity index (χ1v) is 9.06. The molecule has 3 rings (SSSR count). The fraction of sp³-hybridized carbons (Fsp3) is 0.176. The van der Waals surface area contributed by atoms with Crippen LogP contribution in [0.25, 0.3) is 16.3 Å². The lowest BCUT2D eigenvalue weighted by atomic mass is 10.3. The Kier molecular flexibility index (Phi) is 5.01. The number of carbonyl (C=O) groups is 1. The quantitative estimate of drug-likeness (QED) is 0.623. The van der Waals surface area contributed by atoms with Gasteiger partial charge in [0.1, 0.15) is 5.82 Å². The Hall–Kier alpha value is -2.12. The van der Waals surface area contributed by atoms with Crippen LogP contribution in [-0.4, -0.2) is 10.5 Å². The van der Waals surface area contributed by atoms with Crippen molar-refractivity contribution in [3.8, 4) is 0 Å². The zero-order chi connectivity index (χ0) is 17.1. The highest BCUT2D eigenvalue weighted by Crippen LogP contribution is 2.22. The Morgan fingerprint density at radius 1 is 1.38 bits per heavy atom. The molecule has 124 valence electrons. The fourth-order valence-corrected chi connectivity index (χ4v) is 4.04. The molecule has 0 saturated heterocycles. The summed E-state index contributed by atoms with van der Waals surface area (Å²) in [5, 5.41) is 1.92. The zero-order valence-electron chi connectivity index (χ0n) is 12.8. The molecular formula is C17H14F2N2OS2. The van der Waals surface area contributed by atoms with Gasteiger partial charge >= 0.3 is 0 Å². The van der Waals surface area contributed by atoms with Crippen LogP contribution >= 0.6 is 22.7 Å². The minimum Gasteiger partial charge on any atom is -0.314 e. The summed E-state index contributed by atoms with van der Waals surface area (Å²) in [6.45, 7) is 2.45. The van der Waals surface area contributed by atoms with Crippen molar-refractivity contribution in [2.45, 2.75) is 19.9 Å². The van der Waals surface area contributed by atoms with Gasteiger partial charge in [0, 0.05) is 23.6 Å². The van der Waals surface area contributed by atoms with E-state index >= 15 is 0 Å². The van der Waals surface area contributed by atoms with E-state index in [0.717, 1.165) is 28.7 Å². The van der Waals surface area contributed by atoms with Crippen molar-refractivity contribution in [2.24, 2.45) is 4.99 Å². The average molecular weight is 364 g/mol. The third-order valence-corrected chi connectivity index (χ3v) is 5.14. The molecule has 7 heteroatoms. The molecule has 0 saturated carbocycles. The number of carbonyl (C=O) groups excluding carboxylic acids is 1. The molecule has 0 bridgehead atoms. The predicted octanol–water partition coefficient (Wildman–Crippen LogP) is 4.59. The topological polar surface area (TPSA) is 34.4 Å². The van der Waals surface area contributed by atoms with Crippen LogP contribution < -0.4 is 4.80 Å². The molecule has 0 fully saturated rings. The van der Waals surface area contributed by atoms with Gasteiger partial charge in [-0.1, -0.05) is 24.3 Å². The second-order valence-corrected chi connectivity index (χ2v) is 7.06. The van der Waals surface area contributed by atoms with E-state index in [2.05, 4.69) is 4.99 Å². The Bertz CT molecular complexity index is 969. The molecule has 0 radical (unpaired) electrons. The number of rotatable bonds is 4. The number of thiophene rings is 1. The number of nitrogens with zero attached hydrogens (tertiary/aromatic N) is 2. The monoisotopic (exact) mass is 364 g/mol. The molecular weight excluding hydrogens is 350 g/mol. The van der Waals surface area contributed by atoms with Crippen molar-refractivity contribution in [3.05, 3.63) is 57.0 Å². The molecule has 3 nitrogen and oxygen atoms in total. The van der Waals surface area contributed by atoms with E-state index in [4.69, 9.17) is 0 Å². The minimum absolute atomic E-state index is 0.289. The summed E-state index contributed by atoms with van der Waals surface area (Å²) in [4.78, 5) is 17.4. The van der Waals surface area contributed by atoms with Gasteiger partial charge in [-0.25, -0.2) is 8.78 Å². The molecule has 3 aromatic rings. The van der Waals surface area contributed by atoms with Crippen LogP contribution in [0.1, 0.15) is 18.2 Å². The maximum atomic E-state index is 14.1. The Balaban J connectivity index is 2.05. The molecule has 0 spiro atoms. The summed E-state index contributed by atoms with van der Waals surface area (Å²) in [6, 6.07) is 5.90. The second-order valence-electron chi connectivity index (χ2n) is 5.07. The SMILES string of the molecule is CCCn1c(=NC(=O)/C=C/c2cccs2)sc2cc(F)cc(F)c21. The largest absolute Gasteiger partial charge is 0.314 e. The summed E-state index contributed by atoms with van der Waals surface area (Å²) in [5.74, 6) is -1.71. The van der Waals surface area contributed by atoms with E-state index in [1.165, 1.54) is 23.5 Å². The van der Waals surface area contributed by atoms with Crippen LogP contribution in [0.15, 0.2) is 40.7 Å². The van der Waals surface area contributed by atoms with E-state index in [1.54, 1.807) is 10.6 Å². The lowest BCUT2D eigenvalue weighted by Crippen LogP contribution is -2.16. The van der Waals surface area contributed by atoms with Gasteiger partial charge in [0.25, 0.3) is 5.91 Å². The van der Waals surface area contributed by atoms with E-state index < -0.39 is 17.5 Å². The molecule has 1 aromatic carbocycles. The summed E-state index contributed by atoms with van der Waals surface area (Å²) < 4.78 is 29.6. The number of halogens is 2. The van der Waals surface area contributed by atoms with Crippen molar-refractivity contribution in [3.63, 3.8) is 0 Å². The lowest BCUT2D eigenvalue weighted by molar-refractivity contribution is -0.113. The molecule has 2 heterocycles. The van der Waals surface area contributed by atoms with Crippen molar-refractivity contribution in [1.29, 1.82) is 0 Å². The molecule has 1 amide bonds. The standard InChI is InChI=1S/C17H14F2N2OS2/c1-2-7-21-16-13(19)9-11(18)10-14(16)24-17(21)20-15(22)6-5-12-4-3-8-23-12/h3-6,8-10H,2,7H2,1H3/b6-5+,20-17?. The number of hydrogen-bond acceptors (Lipinski definition) is 3. The Morgan fingerprint density at radius 2 is 2.21 bits per heavy atom. The third-order valence-electron chi connectivity index (χ3n) is 3.28. The van der Waals surface area contributed by atoms with Crippen LogP contribution in [0.2, 0.25) is 0 Å². The van der Waals surface area contributed by atoms with Crippen LogP contribution in [0, 0.1) is 11.6 Å². The van der Waals surface area contributed by atoms with E-state index in [-0.39, 0.29) is 5.52 Å². The van der Waals surface area contributed by atoms with E-state index in [1.807, 2.05) is 24.4 Å². The molecule has 0 atom stereocenters. The van der Waals surface area contributed by atoms with Gasteiger partial charge in [-0.15, -0.1) is 11.3 Å². The lowest BCUT2D eigenvalue weighted by Gasteiger charge is -2.03. The van der Waals surface area contributed by atoms with Crippen molar-refractivity contribution < 1.29 is 13.6 Å². The summed E-state index contributed by atoms with van der Waals surface area (Å²) in [7, 11) is 0. The van der Waals surface area contributed by atoms with Crippen LogP contribution in [0.4, 0.5) is 8.78 Å². The normalized spacial score (nSPS) is 12.5. The smallest absolute Gasteiger partial charge is 0.272 e. The van der Waals surface area contributed by atoms with Crippen LogP contribution in [0.3, 0.4) is 0 Å². The molecule has 2 aromatic heterocycles. The van der Waals surface area contributed by atoms with Crippen LogP contribution in [0.5, 0.6) is 0 Å². The first-order chi connectivity index (χ1) is 11.6. The van der Waals surface area contributed by atoms with Crippen molar-refractivity contribution in [2.75, 3.05) is 0 Å². The van der Waals surface area contributed by atoms with Gasteiger partial charge in [0.15, 0.2) is 10.6 Å². The molecule has 0 N–H and O–H groups in total. The summed E-state index contributed by atoms with van der Waals surface area (Å²) in [6.07, 6.45) is 3.81. The summed E-state index contributed by atoms with van der Waals surface area (Å²) in [5.41, 5.74) is 0.289. The maximum absolute atomic E-state index is 14.1. The highest BCUT2D eigenvalue weighted by Gasteiger charge is 2.13. The van der Waals surface area contributed by atoms with E-state index in [0.29, 0.717) is 16.0 Å². The number of fused-ring (bicyclic) bond motifs is 1. The number of aromatic nitrogens is 1. The first kappa shape index (κ1) is 16.7. The molecule has 0 aliphatic heterocycles. The van der Waals surface area contributed by atoms with Crippen molar-refractivity contribution in [1.82, 2.24) is 4.57 Å². The molecule has 0 aliphatic carbocycles. The average Bonchev–Trinajstić information content (AvgIpc) is 3.14. The van der Waals surface area contributed by atoms with Gasteiger partial charge in [-0.3, -0.25) is 4.79 Å². The van der Waals surface area contributed by atoms with E-state index in [9.17, 15) is 13.6 Å². The Labute approximate surface area is 145 Å². The number of amides is 1. The molecule has 0 unspecified atom stereocenters. The van der Waals surface area contributed by atoms with Gasteiger partial charge in [-0.05, 0) is 30.0 Å². The minimum atomic E-state index is -0.641. The predicted molar refractivity (Wildman–Crippen MR) is 93.9 cm³/mol. The van der Waals surface area contributed by atoms with Crippen LogP contribution in [-0.2, 0) is 11.3 Å². The number of benzene rings is 1. The van der Waals surface area contributed by atoms with Gasteiger partial charge in [-0.2, -0.15) is 4.99 Å². The van der Waals surface area contributed by atoms with Crippen molar-refractivity contribution >= 4 is 44.9 Å². The van der Waals surface area contributed by atoms with Gasteiger partial charge in [0.2, 0.25) is 0 Å². The number of aryl methyl sites for hydroxylation is 1. The Morgan fingerprint density at radius 3 is 2.92 bits per heavy atom.